The number of anilines is 1. The molecule has 4 nitrogen and oxygen atoms in total. The van der Waals surface area contributed by atoms with Gasteiger partial charge in [-0.25, -0.2) is 4.39 Å². The molecule has 0 bridgehead atoms. The smallest absolute Gasteiger partial charge is 0.273 e. The number of aryl methyl sites for hydroxylation is 3. The summed E-state index contributed by atoms with van der Waals surface area (Å²) in [6.45, 7) is 3.72. The number of nitrogens with zero attached hydrogens (tertiary/aromatic N) is 2. The van der Waals surface area contributed by atoms with Crippen LogP contribution in [0.5, 0.6) is 0 Å². The van der Waals surface area contributed by atoms with Gasteiger partial charge in [-0.05, 0) is 53.0 Å². The van der Waals surface area contributed by atoms with E-state index in [1.807, 2.05) is 6.92 Å². The summed E-state index contributed by atoms with van der Waals surface area (Å²) in [5.41, 5.74) is 2.57. The van der Waals surface area contributed by atoms with Crippen molar-refractivity contribution >= 4 is 27.5 Å². The molecule has 6 heteroatoms. The van der Waals surface area contributed by atoms with Crippen LogP contribution in [0.4, 0.5) is 10.1 Å². The molecular weight excluding hydrogens is 325 g/mol. The van der Waals surface area contributed by atoms with Crippen molar-refractivity contribution in [3.8, 4) is 0 Å². The first-order valence-electron chi connectivity index (χ1n) is 6.22. The van der Waals surface area contributed by atoms with Crippen LogP contribution in [0.1, 0.15) is 28.7 Å². The van der Waals surface area contributed by atoms with Crippen LogP contribution in [0.15, 0.2) is 22.7 Å². The predicted molar refractivity (Wildman–Crippen MR) is 79.4 cm³/mol. The minimum absolute atomic E-state index is 0.263. The molecule has 0 aliphatic carbocycles. The summed E-state index contributed by atoms with van der Waals surface area (Å²) in [5, 5.41) is 7.01. The number of benzene rings is 1. The molecule has 0 aliphatic heterocycles. The molecule has 1 N–H and O–H groups in total. The quantitative estimate of drug-likeness (QED) is 0.930. The molecule has 0 radical (unpaired) electrons. The molecule has 0 unspecified atom stereocenters. The van der Waals surface area contributed by atoms with E-state index in [1.165, 1.54) is 6.07 Å². The van der Waals surface area contributed by atoms with Gasteiger partial charge in [-0.1, -0.05) is 6.92 Å². The summed E-state index contributed by atoms with van der Waals surface area (Å²) in [4.78, 5) is 12.2. The van der Waals surface area contributed by atoms with Gasteiger partial charge in [0.15, 0.2) is 0 Å². The molecule has 1 aromatic heterocycles. The van der Waals surface area contributed by atoms with Gasteiger partial charge >= 0.3 is 0 Å². The third kappa shape index (κ3) is 2.90. The van der Waals surface area contributed by atoms with Crippen molar-refractivity contribution in [2.75, 3.05) is 5.32 Å². The Hall–Kier alpha value is -1.69. The summed E-state index contributed by atoms with van der Waals surface area (Å²) in [5.74, 6) is -0.615. The van der Waals surface area contributed by atoms with Gasteiger partial charge in [-0.15, -0.1) is 0 Å². The Labute approximate surface area is 125 Å². The van der Waals surface area contributed by atoms with Crippen LogP contribution in [-0.2, 0) is 13.5 Å². The van der Waals surface area contributed by atoms with Crippen molar-refractivity contribution in [2.24, 2.45) is 7.05 Å². The topological polar surface area (TPSA) is 46.9 Å². The third-order valence-electron chi connectivity index (χ3n) is 3.04. The lowest BCUT2D eigenvalue weighted by Gasteiger charge is -2.09. The summed E-state index contributed by atoms with van der Waals surface area (Å²) >= 11 is 3.11. The molecule has 1 heterocycles. The van der Waals surface area contributed by atoms with Crippen molar-refractivity contribution in [2.45, 2.75) is 20.3 Å². The number of amides is 1. The number of hydrogen-bond donors (Lipinski definition) is 1. The normalized spacial score (nSPS) is 10.7. The number of hydrogen-bond acceptors (Lipinski definition) is 2. The largest absolute Gasteiger partial charge is 0.320 e. The van der Waals surface area contributed by atoms with Crippen molar-refractivity contribution in [3.63, 3.8) is 0 Å². The molecule has 1 amide bonds. The second-order valence-corrected chi connectivity index (χ2v) is 5.39. The number of carbonyl (C=O) groups is 1. The zero-order valence-electron chi connectivity index (χ0n) is 11.5. The number of carbonyl (C=O) groups excluding carboxylic acids is 1. The highest BCUT2D eigenvalue weighted by molar-refractivity contribution is 9.10. The van der Waals surface area contributed by atoms with Crippen LogP contribution >= 0.6 is 15.9 Å². The Balaban J connectivity index is 2.27. The predicted octanol–water partition coefficient (Wildman–Crippen LogP) is 3.44. The van der Waals surface area contributed by atoms with Crippen LogP contribution in [-0.4, -0.2) is 15.7 Å². The molecule has 0 atom stereocenters. The van der Waals surface area contributed by atoms with Crippen molar-refractivity contribution in [1.29, 1.82) is 0 Å². The van der Waals surface area contributed by atoms with Gasteiger partial charge in [0, 0.05) is 12.7 Å². The molecule has 106 valence electrons. The summed E-state index contributed by atoms with van der Waals surface area (Å²) in [7, 11) is 1.72. The number of rotatable bonds is 3. The second kappa shape index (κ2) is 5.75. The van der Waals surface area contributed by atoms with Gasteiger partial charge in [-0.3, -0.25) is 9.48 Å². The Kier molecular flexibility index (Phi) is 4.23. The maximum absolute atomic E-state index is 13.4. The minimum Gasteiger partial charge on any atom is -0.320 e. The van der Waals surface area contributed by atoms with Crippen molar-refractivity contribution < 1.29 is 9.18 Å². The highest BCUT2D eigenvalue weighted by Gasteiger charge is 2.14. The molecule has 20 heavy (non-hydrogen) atoms. The fourth-order valence-electron chi connectivity index (χ4n) is 1.88. The van der Waals surface area contributed by atoms with Gasteiger partial charge in [-0.2, -0.15) is 5.10 Å². The number of nitrogens with one attached hydrogen (secondary N) is 1. The average molecular weight is 340 g/mol. The van der Waals surface area contributed by atoms with E-state index in [2.05, 4.69) is 26.3 Å². The lowest BCUT2D eigenvalue weighted by atomic mass is 10.2. The summed E-state index contributed by atoms with van der Waals surface area (Å²) < 4.78 is 15.2. The second-order valence-electron chi connectivity index (χ2n) is 4.53. The van der Waals surface area contributed by atoms with Crippen LogP contribution in [0.25, 0.3) is 0 Å². The first kappa shape index (κ1) is 14.7. The summed E-state index contributed by atoms with van der Waals surface area (Å²) in [6, 6.07) is 4.68. The van der Waals surface area contributed by atoms with Crippen molar-refractivity contribution in [3.05, 3.63) is 45.4 Å². The molecule has 2 rings (SSSR count). The minimum atomic E-state index is -0.352. The molecule has 0 aliphatic rings. The molecule has 0 saturated carbocycles. The van der Waals surface area contributed by atoms with E-state index in [0.717, 1.165) is 12.1 Å². The Morgan fingerprint density at radius 1 is 1.45 bits per heavy atom. The van der Waals surface area contributed by atoms with Gasteiger partial charge in [0.25, 0.3) is 5.91 Å². The highest BCUT2D eigenvalue weighted by Crippen LogP contribution is 2.24. The van der Waals surface area contributed by atoms with Crippen LogP contribution in [0.2, 0.25) is 0 Å². The number of halogens is 2. The molecule has 0 fully saturated rings. The zero-order valence-corrected chi connectivity index (χ0v) is 13.1. The monoisotopic (exact) mass is 339 g/mol. The van der Waals surface area contributed by atoms with Crippen LogP contribution < -0.4 is 5.32 Å². The Morgan fingerprint density at radius 2 is 2.15 bits per heavy atom. The van der Waals surface area contributed by atoms with E-state index in [0.29, 0.717) is 21.4 Å². The van der Waals surface area contributed by atoms with Gasteiger partial charge < -0.3 is 5.32 Å². The lowest BCUT2D eigenvalue weighted by molar-refractivity contribution is 0.101. The lowest BCUT2D eigenvalue weighted by Crippen LogP contribution is -2.16. The first-order chi connectivity index (χ1) is 9.42. The molecule has 0 spiro atoms. The fraction of sp³-hybridized carbons (Fsp3) is 0.286. The molecule has 2 aromatic rings. The van der Waals surface area contributed by atoms with E-state index in [4.69, 9.17) is 0 Å². The molecule has 1 aromatic carbocycles. The average Bonchev–Trinajstić information content (AvgIpc) is 2.77. The molecule has 0 saturated heterocycles. The first-order valence-corrected chi connectivity index (χ1v) is 7.01. The van der Waals surface area contributed by atoms with Crippen molar-refractivity contribution in [1.82, 2.24) is 9.78 Å². The third-order valence-corrected chi connectivity index (χ3v) is 3.65. The van der Waals surface area contributed by atoms with E-state index in [1.54, 1.807) is 30.8 Å². The molecular formula is C14H15BrFN3O. The van der Waals surface area contributed by atoms with Gasteiger partial charge in [0.1, 0.15) is 11.5 Å². The van der Waals surface area contributed by atoms with E-state index in [9.17, 15) is 9.18 Å². The SMILES string of the molecule is CCc1cc(C(=O)Nc2cc(Br)c(F)cc2C)n(C)n1. The maximum Gasteiger partial charge on any atom is 0.273 e. The summed E-state index contributed by atoms with van der Waals surface area (Å²) in [6.07, 6.45) is 0.766. The fourth-order valence-corrected chi connectivity index (χ4v) is 2.22. The van der Waals surface area contributed by atoms with Crippen LogP contribution in [0.3, 0.4) is 0 Å². The van der Waals surface area contributed by atoms with E-state index < -0.39 is 0 Å². The van der Waals surface area contributed by atoms with Gasteiger partial charge in [0.05, 0.1) is 10.2 Å². The Morgan fingerprint density at radius 3 is 2.75 bits per heavy atom. The maximum atomic E-state index is 13.4. The van der Waals surface area contributed by atoms with E-state index >= 15 is 0 Å². The zero-order chi connectivity index (χ0) is 14.9. The van der Waals surface area contributed by atoms with E-state index in [-0.39, 0.29) is 11.7 Å². The Bertz CT molecular complexity index is 667. The van der Waals surface area contributed by atoms with Gasteiger partial charge in [0.2, 0.25) is 0 Å². The standard InChI is InChI=1S/C14H15BrFN3O/c1-4-9-6-13(19(3)18-9)14(20)17-12-7-10(15)11(16)5-8(12)2/h5-7H,4H2,1-3H3,(H,17,20). The highest BCUT2D eigenvalue weighted by atomic mass is 79.9. The number of aromatic nitrogens is 2. The van der Waals surface area contributed by atoms with Crippen LogP contribution in [0, 0.1) is 12.7 Å².